The monoisotopic (exact) mass is 235 g/mol. The summed E-state index contributed by atoms with van der Waals surface area (Å²) < 4.78 is 10.5. The van der Waals surface area contributed by atoms with Gasteiger partial charge in [0.15, 0.2) is 11.5 Å². The standard InChI is InChI=1S/C13H17NO3/c1-14-13(15)10-4-8-6-11(16-2)12(17-3)7-9(8)5-10/h6-7,10H,4-5H2,1-3H3,(H,14,15). The van der Waals surface area contributed by atoms with E-state index in [-0.39, 0.29) is 11.8 Å². The summed E-state index contributed by atoms with van der Waals surface area (Å²) in [5.41, 5.74) is 2.35. The predicted molar refractivity (Wildman–Crippen MR) is 64.5 cm³/mol. The van der Waals surface area contributed by atoms with Crippen LogP contribution in [0.3, 0.4) is 0 Å². The van der Waals surface area contributed by atoms with E-state index in [2.05, 4.69) is 5.32 Å². The van der Waals surface area contributed by atoms with Crippen LogP contribution in [-0.2, 0) is 17.6 Å². The number of hydrogen-bond donors (Lipinski definition) is 1. The van der Waals surface area contributed by atoms with Gasteiger partial charge in [0.25, 0.3) is 0 Å². The average Bonchev–Trinajstić information content (AvgIpc) is 2.78. The predicted octanol–water partition coefficient (Wildman–Crippen LogP) is 1.16. The summed E-state index contributed by atoms with van der Waals surface area (Å²) in [5.74, 6) is 1.58. The molecule has 1 aromatic carbocycles. The smallest absolute Gasteiger partial charge is 0.223 e. The van der Waals surface area contributed by atoms with Crippen LogP contribution in [0.2, 0.25) is 0 Å². The number of ether oxygens (including phenoxy) is 2. The van der Waals surface area contributed by atoms with Crippen molar-refractivity contribution in [2.75, 3.05) is 21.3 Å². The molecule has 1 aliphatic carbocycles. The molecule has 0 fully saturated rings. The van der Waals surface area contributed by atoms with Crippen LogP contribution in [0.4, 0.5) is 0 Å². The average molecular weight is 235 g/mol. The third kappa shape index (κ3) is 2.07. The van der Waals surface area contributed by atoms with Crippen LogP contribution in [0.5, 0.6) is 11.5 Å². The Morgan fingerprint density at radius 1 is 1.18 bits per heavy atom. The topological polar surface area (TPSA) is 47.6 Å². The molecule has 4 nitrogen and oxygen atoms in total. The molecule has 2 rings (SSSR count). The lowest BCUT2D eigenvalue weighted by molar-refractivity contribution is -0.124. The molecular formula is C13H17NO3. The number of methoxy groups -OCH3 is 2. The zero-order chi connectivity index (χ0) is 12.4. The van der Waals surface area contributed by atoms with Crippen LogP contribution >= 0.6 is 0 Å². The number of rotatable bonds is 3. The fraction of sp³-hybridized carbons (Fsp3) is 0.462. The van der Waals surface area contributed by atoms with Gasteiger partial charge in [0.2, 0.25) is 5.91 Å². The highest BCUT2D eigenvalue weighted by Crippen LogP contribution is 2.36. The van der Waals surface area contributed by atoms with E-state index >= 15 is 0 Å². The first-order chi connectivity index (χ1) is 8.19. The zero-order valence-corrected chi connectivity index (χ0v) is 10.4. The Kier molecular flexibility index (Phi) is 3.22. The van der Waals surface area contributed by atoms with Crippen molar-refractivity contribution in [3.63, 3.8) is 0 Å². The molecule has 1 N–H and O–H groups in total. The van der Waals surface area contributed by atoms with Gasteiger partial charge in [-0.25, -0.2) is 0 Å². The normalized spacial score (nSPS) is 14.3. The summed E-state index contributed by atoms with van der Waals surface area (Å²) in [5, 5.41) is 2.70. The van der Waals surface area contributed by atoms with Gasteiger partial charge in [-0.2, -0.15) is 0 Å². The van der Waals surface area contributed by atoms with Gasteiger partial charge in [-0.05, 0) is 36.1 Å². The van der Waals surface area contributed by atoms with E-state index in [1.807, 2.05) is 12.1 Å². The molecule has 0 saturated carbocycles. The molecule has 0 bridgehead atoms. The van der Waals surface area contributed by atoms with Crippen LogP contribution < -0.4 is 14.8 Å². The summed E-state index contributed by atoms with van der Waals surface area (Å²) >= 11 is 0. The molecule has 1 aromatic rings. The van der Waals surface area contributed by atoms with Crippen LogP contribution in [0.1, 0.15) is 11.1 Å². The third-order valence-corrected chi connectivity index (χ3v) is 3.26. The first-order valence-corrected chi connectivity index (χ1v) is 5.65. The summed E-state index contributed by atoms with van der Waals surface area (Å²) in [7, 11) is 4.91. The molecule has 0 atom stereocenters. The molecule has 0 unspecified atom stereocenters. The van der Waals surface area contributed by atoms with Crippen molar-refractivity contribution in [1.82, 2.24) is 5.32 Å². The van der Waals surface area contributed by atoms with Gasteiger partial charge >= 0.3 is 0 Å². The Bertz CT molecular complexity index is 410. The second-order valence-electron chi connectivity index (χ2n) is 4.20. The summed E-state index contributed by atoms with van der Waals surface area (Å²) in [6, 6.07) is 3.94. The van der Waals surface area contributed by atoms with Gasteiger partial charge in [-0.1, -0.05) is 0 Å². The maximum atomic E-state index is 11.6. The maximum absolute atomic E-state index is 11.6. The molecule has 17 heavy (non-hydrogen) atoms. The fourth-order valence-electron chi connectivity index (χ4n) is 2.34. The van der Waals surface area contributed by atoms with Crippen molar-refractivity contribution in [2.45, 2.75) is 12.8 Å². The largest absolute Gasteiger partial charge is 0.493 e. The summed E-state index contributed by atoms with van der Waals surface area (Å²) in [6.45, 7) is 0. The van der Waals surface area contributed by atoms with Crippen LogP contribution in [0.15, 0.2) is 12.1 Å². The first kappa shape index (κ1) is 11.8. The van der Waals surface area contributed by atoms with Gasteiger partial charge in [0, 0.05) is 13.0 Å². The Balaban J connectivity index is 2.29. The van der Waals surface area contributed by atoms with Gasteiger partial charge in [0.05, 0.1) is 14.2 Å². The SMILES string of the molecule is CNC(=O)C1Cc2cc(OC)c(OC)cc2C1. The number of fused-ring (bicyclic) bond motifs is 1. The van der Waals surface area contributed by atoms with Gasteiger partial charge in [-0.15, -0.1) is 0 Å². The van der Waals surface area contributed by atoms with E-state index in [9.17, 15) is 4.79 Å². The van der Waals surface area contributed by atoms with E-state index in [1.165, 1.54) is 11.1 Å². The van der Waals surface area contributed by atoms with Gasteiger partial charge < -0.3 is 14.8 Å². The Hall–Kier alpha value is -1.71. The van der Waals surface area contributed by atoms with Gasteiger partial charge in [-0.3, -0.25) is 4.79 Å². The Labute approximate surface area is 101 Å². The molecule has 1 amide bonds. The van der Waals surface area contributed by atoms with Crippen LogP contribution in [0, 0.1) is 5.92 Å². The number of carbonyl (C=O) groups is 1. The number of carbonyl (C=O) groups excluding carboxylic acids is 1. The molecular weight excluding hydrogens is 218 g/mol. The molecule has 92 valence electrons. The lowest BCUT2D eigenvalue weighted by Crippen LogP contribution is -2.27. The number of benzene rings is 1. The maximum Gasteiger partial charge on any atom is 0.223 e. The summed E-state index contributed by atoms with van der Waals surface area (Å²) in [4.78, 5) is 11.6. The minimum Gasteiger partial charge on any atom is -0.493 e. The van der Waals surface area contributed by atoms with Crippen molar-refractivity contribution < 1.29 is 14.3 Å². The highest BCUT2D eigenvalue weighted by molar-refractivity contribution is 5.80. The van der Waals surface area contributed by atoms with Gasteiger partial charge in [0.1, 0.15) is 0 Å². The van der Waals surface area contributed by atoms with Crippen molar-refractivity contribution in [3.8, 4) is 11.5 Å². The highest BCUT2D eigenvalue weighted by atomic mass is 16.5. The molecule has 1 aliphatic rings. The van der Waals surface area contributed by atoms with E-state index < -0.39 is 0 Å². The van der Waals surface area contributed by atoms with Crippen LogP contribution in [0.25, 0.3) is 0 Å². The molecule has 4 heteroatoms. The number of hydrogen-bond acceptors (Lipinski definition) is 3. The van der Waals surface area contributed by atoms with Crippen molar-refractivity contribution in [1.29, 1.82) is 0 Å². The van der Waals surface area contributed by atoms with E-state index in [0.29, 0.717) is 0 Å². The second-order valence-corrected chi connectivity index (χ2v) is 4.20. The molecule has 0 radical (unpaired) electrons. The minimum atomic E-state index is 0.0341. The molecule has 0 saturated heterocycles. The number of nitrogens with one attached hydrogen (secondary N) is 1. The highest BCUT2D eigenvalue weighted by Gasteiger charge is 2.28. The first-order valence-electron chi connectivity index (χ1n) is 5.65. The van der Waals surface area contributed by atoms with Crippen molar-refractivity contribution in [2.24, 2.45) is 5.92 Å². The molecule has 0 aliphatic heterocycles. The minimum absolute atomic E-state index is 0.0341. The molecule has 0 spiro atoms. The van der Waals surface area contributed by atoms with Crippen molar-refractivity contribution >= 4 is 5.91 Å². The Morgan fingerprint density at radius 3 is 2.00 bits per heavy atom. The third-order valence-electron chi connectivity index (χ3n) is 3.26. The fourth-order valence-corrected chi connectivity index (χ4v) is 2.34. The lowest BCUT2D eigenvalue weighted by atomic mass is 10.1. The van der Waals surface area contributed by atoms with E-state index in [0.717, 1.165) is 24.3 Å². The number of amides is 1. The Morgan fingerprint density at radius 2 is 1.65 bits per heavy atom. The zero-order valence-electron chi connectivity index (χ0n) is 10.4. The summed E-state index contributed by atoms with van der Waals surface area (Å²) in [6.07, 6.45) is 1.55. The second kappa shape index (κ2) is 4.65. The van der Waals surface area contributed by atoms with E-state index in [4.69, 9.17) is 9.47 Å². The van der Waals surface area contributed by atoms with Crippen molar-refractivity contribution in [3.05, 3.63) is 23.3 Å². The quantitative estimate of drug-likeness (QED) is 0.855. The lowest BCUT2D eigenvalue weighted by Gasteiger charge is -2.09. The molecule has 0 heterocycles. The van der Waals surface area contributed by atoms with E-state index in [1.54, 1.807) is 21.3 Å². The molecule has 0 aromatic heterocycles. The van der Waals surface area contributed by atoms with Crippen LogP contribution in [-0.4, -0.2) is 27.2 Å².